The molecule has 0 aliphatic carbocycles. The van der Waals surface area contributed by atoms with Gasteiger partial charge in [0.05, 0.1) is 5.56 Å². The number of aromatic carboxylic acids is 1. The van der Waals surface area contributed by atoms with Crippen molar-refractivity contribution < 1.29 is 9.90 Å². The Bertz CT molecular complexity index is 558. The molecule has 2 nitrogen and oxygen atoms in total. The number of carboxylic acid groups (broad SMARTS) is 1. The molecular formula is C14H13ClO2S. The van der Waals surface area contributed by atoms with Gasteiger partial charge in [0.1, 0.15) is 0 Å². The summed E-state index contributed by atoms with van der Waals surface area (Å²) in [4.78, 5) is 13.1. The second-order valence-corrected chi connectivity index (χ2v) is 5.90. The van der Waals surface area contributed by atoms with Gasteiger partial charge < -0.3 is 5.11 Å². The lowest BCUT2D eigenvalue weighted by Crippen LogP contribution is -1.99. The number of thiophene rings is 1. The topological polar surface area (TPSA) is 37.3 Å². The van der Waals surface area contributed by atoms with Gasteiger partial charge in [0.2, 0.25) is 0 Å². The molecule has 0 bridgehead atoms. The number of rotatable bonds is 4. The molecule has 94 valence electrons. The Morgan fingerprint density at radius 1 is 1.28 bits per heavy atom. The van der Waals surface area contributed by atoms with E-state index in [9.17, 15) is 4.79 Å². The fraction of sp³-hybridized carbons (Fsp3) is 0.214. The van der Waals surface area contributed by atoms with E-state index in [-0.39, 0.29) is 0 Å². The van der Waals surface area contributed by atoms with Crippen molar-refractivity contribution in [3.8, 4) is 0 Å². The van der Waals surface area contributed by atoms with Crippen molar-refractivity contribution in [1.82, 2.24) is 0 Å². The van der Waals surface area contributed by atoms with Gasteiger partial charge in [-0.3, -0.25) is 0 Å². The van der Waals surface area contributed by atoms with E-state index in [1.165, 1.54) is 5.56 Å². The number of hydrogen-bond acceptors (Lipinski definition) is 2. The Morgan fingerprint density at radius 2 is 1.94 bits per heavy atom. The first-order chi connectivity index (χ1) is 8.56. The Balaban J connectivity index is 2.10. The number of carboxylic acids is 1. The maximum atomic E-state index is 11.1. The van der Waals surface area contributed by atoms with Gasteiger partial charge >= 0.3 is 5.97 Å². The van der Waals surface area contributed by atoms with Crippen LogP contribution in [0, 0.1) is 6.92 Å². The SMILES string of the molecule is Cc1cc(C(=O)O)c(CCc2ccc(Cl)cc2)s1. The van der Waals surface area contributed by atoms with E-state index in [4.69, 9.17) is 16.7 Å². The number of benzene rings is 1. The lowest BCUT2D eigenvalue weighted by Gasteiger charge is -2.01. The summed E-state index contributed by atoms with van der Waals surface area (Å²) in [5.74, 6) is -0.842. The van der Waals surface area contributed by atoms with Crippen LogP contribution < -0.4 is 0 Å². The van der Waals surface area contributed by atoms with Gasteiger partial charge in [-0.05, 0) is 43.5 Å². The van der Waals surface area contributed by atoms with E-state index in [1.54, 1.807) is 17.4 Å². The molecule has 0 saturated heterocycles. The lowest BCUT2D eigenvalue weighted by molar-refractivity contribution is 0.0696. The standard InChI is InChI=1S/C14H13ClO2S/c1-9-8-12(14(16)17)13(18-9)7-4-10-2-5-11(15)6-3-10/h2-3,5-6,8H,4,7H2,1H3,(H,16,17). The maximum absolute atomic E-state index is 11.1. The Labute approximate surface area is 115 Å². The first-order valence-electron chi connectivity index (χ1n) is 5.63. The molecule has 1 N–H and O–H groups in total. The Kier molecular flexibility index (Phi) is 4.04. The highest BCUT2D eigenvalue weighted by Crippen LogP contribution is 2.24. The van der Waals surface area contributed by atoms with Gasteiger partial charge in [0.15, 0.2) is 0 Å². The Hall–Kier alpha value is -1.32. The van der Waals surface area contributed by atoms with Crippen LogP contribution in [0.25, 0.3) is 0 Å². The van der Waals surface area contributed by atoms with Crippen LogP contribution >= 0.6 is 22.9 Å². The van der Waals surface area contributed by atoms with Gasteiger partial charge in [-0.15, -0.1) is 11.3 Å². The zero-order chi connectivity index (χ0) is 13.1. The second-order valence-electron chi connectivity index (χ2n) is 4.13. The first kappa shape index (κ1) is 13.1. The molecule has 0 fully saturated rings. The van der Waals surface area contributed by atoms with Crippen LogP contribution in [-0.2, 0) is 12.8 Å². The van der Waals surface area contributed by atoms with E-state index < -0.39 is 5.97 Å². The fourth-order valence-electron chi connectivity index (χ4n) is 1.84. The third kappa shape index (κ3) is 3.12. The molecule has 0 saturated carbocycles. The van der Waals surface area contributed by atoms with Gasteiger partial charge in [-0.2, -0.15) is 0 Å². The lowest BCUT2D eigenvalue weighted by atomic mass is 10.1. The zero-order valence-electron chi connectivity index (χ0n) is 9.94. The molecule has 1 aromatic heterocycles. The summed E-state index contributed by atoms with van der Waals surface area (Å²) in [6.45, 7) is 1.93. The summed E-state index contributed by atoms with van der Waals surface area (Å²) >= 11 is 7.38. The largest absolute Gasteiger partial charge is 0.478 e. The van der Waals surface area contributed by atoms with Crippen molar-refractivity contribution >= 4 is 28.9 Å². The average Bonchev–Trinajstić information content (AvgIpc) is 2.70. The predicted molar refractivity (Wildman–Crippen MR) is 74.9 cm³/mol. The van der Waals surface area contributed by atoms with Crippen molar-refractivity contribution in [2.24, 2.45) is 0 Å². The van der Waals surface area contributed by atoms with E-state index in [1.807, 2.05) is 31.2 Å². The quantitative estimate of drug-likeness (QED) is 0.912. The fourth-order valence-corrected chi connectivity index (χ4v) is 2.99. The summed E-state index contributed by atoms with van der Waals surface area (Å²) in [5.41, 5.74) is 1.60. The molecule has 18 heavy (non-hydrogen) atoms. The summed E-state index contributed by atoms with van der Waals surface area (Å²) in [6.07, 6.45) is 1.58. The van der Waals surface area contributed by atoms with Crippen LogP contribution in [0.1, 0.15) is 25.7 Å². The number of carbonyl (C=O) groups is 1. The zero-order valence-corrected chi connectivity index (χ0v) is 11.5. The highest BCUT2D eigenvalue weighted by molar-refractivity contribution is 7.12. The molecule has 1 heterocycles. The van der Waals surface area contributed by atoms with E-state index in [2.05, 4.69) is 0 Å². The molecule has 0 aliphatic heterocycles. The number of aryl methyl sites for hydroxylation is 3. The predicted octanol–water partition coefficient (Wildman–Crippen LogP) is 4.19. The van der Waals surface area contributed by atoms with E-state index in [0.717, 1.165) is 27.6 Å². The summed E-state index contributed by atoms with van der Waals surface area (Å²) in [6, 6.07) is 9.40. The van der Waals surface area contributed by atoms with Crippen LogP contribution in [0.2, 0.25) is 5.02 Å². The smallest absolute Gasteiger partial charge is 0.336 e. The molecule has 0 unspecified atom stereocenters. The molecule has 0 spiro atoms. The van der Waals surface area contributed by atoms with Crippen LogP contribution in [-0.4, -0.2) is 11.1 Å². The van der Waals surface area contributed by atoms with Crippen LogP contribution in [0.5, 0.6) is 0 Å². The van der Waals surface area contributed by atoms with Crippen LogP contribution in [0.3, 0.4) is 0 Å². The highest BCUT2D eigenvalue weighted by Gasteiger charge is 2.13. The minimum atomic E-state index is -0.842. The molecule has 0 amide bonds. The van der Waals surface area contributed by atoms with Crippen molar-refractivity contribution in [3.05, 3.63) is 56.2 Å². The Morgan fingerprint density at radius 3 is 2.56 bits per heavy atom. The molecule has 1 aromatic carbocycles. The second kappa shape index (κ2) is 5.55. The molecular weight excluding hydrogens is 268 g/mol. The van der Waals surface area contributed by atoms with E-state index >= 15 is 0 Å². The van der Waals surface area contributed by atoms with Gasteiger partial charge in [-0.25, -0.2) is 4.79 Å². The molecule has 4 heteroatoms. The summed E-state index contributed by atoms with van der Waals surface area (Å²) in [5, 5.41) is 9.82. The monoisotopic (exact) mass is 280 g/mol. The van der Waals surface area contributed by atoms with Gasteiger partial charge in [0, 0.05) is 14.8 Å². The molecule has 0 radical (unpaired) electrons. The van der Waals surface area contributed by atoms with Crippen molar-refractivity contribution in [2.45, 2.75) is 19.8 Å². The van der Waals surface area contributed by atoms with Gasteiger partial charge in [-0.1, -0.05) is 23.7 Å². The minimum Gasteiger partial charge on any atom is -0.478 e. The maximum Gasteiger partial charge on any atom is 0.336 e. The van der Waals surface area contributed by atoms with Crippen molar-refractivity contribution in [3.63, 3.8) is 0 Å². The summed E-state index contributed by atoms with van der Waals surface area (Å²) in [7, 11) is 0. The van der Waals surface area contributed by atoms with Crippen molar-refractivity contribution in [1.29, 1.82) is 0 Å². The summed E-state index contributed by atoms with van der Waals surface area (Å²) < 4.78 is 0. The molecule has 2 rings (SSSR count). The average molecular weight is 281 g/mol. The van der Waals surface area contributed by atoms with Gasteiger partial charge in [0.25, 0.3) is 0 Å². The van der Waals surface area contributed by atoms with E-state index in [0.29, 0.717) is 5.56 Å². The van der Waals surface area contributed by atoms with Crippen molar-refractivity contribution in [2.75, 3.05) is 0 Å². The molecule has 0 atom stereocenters. The van der Waals surface area contributed by atoms with Crippen LogP contribution in [0.15, 0.2) is 30.3 Å². The minimum absolute atomic E-state index is 0.437. The molecule has 0 aliphatic rings. The molecule has 2 aromatic rings. The number of hydrogen-bond donors (Lipinski definition) is 1. The normalized spacial score (nSPS) is 10.6. The third-order valence-corrected chi connectivity index (χ3v) is 4.08. The van der Waals surface area contributed by atoms with Crippen LogP contribution in [0.4, 0.5) is 0 Å². The number of halogens is 1. The highest BCUT2D eigenvalue weighted by atomic mass is 35.5. The third-order valence-electron chi connectivity index (χ3n) is 2.72. The first-order valence-corrected chi connectivity index (χ1v) is 6.83.